The predicted octanol–water partition coefficient (Wildman–Crippen LogP) is 3.77. The van der Waals surface area contributed by atoms with Gasteiger partial charge in [-0.05, 0) is 60.8 Å². The van der Waals surface area contributed by atoms with Crippen molar-refractivity contribution in [3.8, 4) is 0 Å². The van der Waals surface area contributed by atoms with Gasteiger partial charge in [-0.3, -0.25) is 19.2 Å². The lowest BCUT2D eigenvalue weighted by Gasteiger charge is -2.33. The molecule has 0 spiro atoms. The summed E-state index contributed by atoms with van der Waals surface area (Å²) in [7, 11) is 0. The van der Waals surface area contributed by atoms with Crippen LogP contribution in [0.15, 0.2) is 62.6 Å². The number of piperidine rings is 1. The summed E-state index contributed by atoms with van der Waals surface area (Å²) in [6.07, 6.45) is 5.11. The van der Waals surface area contributed by atoms with Gasteiger partial charge in [0.2, 0.25) is 11.8 Å². The fourth-order valence-corrected chi connectivity index (χ4v) is 5.76. The van der Waals surface area contributed by atoms with Crippen LogP contribution in [-0.2, 0) is 16.1 Å². The van der Waals surface area contributed by atoms with Crippen LogP contribution in [0.1, 0.15) is 53.3 Å². The van der Waals surface area contributed by atoms with E-state index in [0.717, 1.165) is 30.7 Å². The summed E-state index contributed by atoms with van der Waals surface area (Å²) in [4.78, 5) is 54.7. The van der Waals surface area contributed by atoms with Gasteiger partial charge in [0, 0.05) is 43.6 Å². The highest BCUT2D eigenvalue weighted by Crippen LogP contribution is 2.31. The van der Waals surface area contributed by atoms with Gasteiger partial charge in [-0.25, -0.2) is 0 Å². The number of nitrogens with zero attached hydrogens (tertiary/aromatic N) is 2. The van der Waals surface area contributed by atoms with E-state index in [1.807, 2.05) is 29.4 Å². The Labute approximate surface area is 225 Å². The number of nitrogens with one attached hydrogen (secondary N) is 1. The average molecular weight is 534 g/mol. The zero-order chi connectivity index (χ0) is 26.6. The van der Waals surface area contributed by atoms with Crippen molar-refractivity contribution in [3.05, 3.63) is 75.6 Å². The largest absolute Gasteiger partial charge is 0.451 e. The molecule has 1 N–H and O–H groups in total. The first-order chi connectivity index (χ1) is 18.4. The van der Waals surface area contributed by atoms with E-state index in [9.17, 15) is 19.2 Å². The van der Waals surface area contributed by atoms with E-state index in [1.165, 1.54) is 29.0 Å². The molecule has 0 unspecified atom stereocenters. The normalized spacial score (nSPS) is 16.3. The maximum absolute atomic E-state index is 12.8. The second-order valence-corrected chi connectivity index (χ2v) is 10.7. The fraction of sp³-hybridized carbons (Fsp3) is 0.379. The van der Waals surface area contributed by atoms with E-state index in [-0.39, 0.29) is 29.5 Å². The van der Waals surface area contributed by atoms with Crippen LogP contribution in [0.5, 0.6) is 0 Å². The van der Waals surface area contributed by atoms with Crippen LogP contribution < -0.4 is 10.7 Å². The van der Waals surface area contributed by atoms with Gasteiger partial charge in [0.1, 0.15) is 5.58 Å². The minimum absolute atomic E-state index is 0.112. The summed E-state index contributed by atoms with van der Waals surface area (Å²) in [5.41, 5.74) is 2.48. The van der Waals surface area contributed by atoms with E-state index in [4.69, 9.17) is 4.42 Å². The molecule has 2 aromatic carbocycles. The Morgan fingerprint density at radius 3 is 2.58 bits per heavy atom. The van der Waals surface area contributed by atoms with Gasteiger partial charge in [0.05, 0.1) is 11.9 Å². The van der Waals surface area contributed by atoms with E-state index < -0.39 is 5.91 Å². The molecule has 3 aromatic rings. The first-order valence-corrected chi connectivity index (χ1v) is 14.2. The third-order valence-electron chi connectivity index (χ3n) is 7.43. The number of rotatable bonds is 7. The van der Waals surface area contributed by atoms with Crippen LogP contribution in [0.3, 0.4) is 0 Å². The van der Waals surface area contributed by atoms with E-state index >= 15 is 0 Å². The van der Waals surface area contributed by atoms with E-state index in [2.05, 4.69) is 17.4 Å². The molecule has 1 aromatic heterocycles. The maximum atomic E-state index is 12.8. The number of carbonyl (C=O) groups excluding carboxylic acids is 3. The van der Waals surface area contributed by atoms with Gasteiger partial charge in [-0.1, -0.05) is 24.3 Å². The minimum atomic E-state index is -0.591. The highest BCUT2D eigenvalue weighted by molar-refractivity contribution is 7.98. The van der Waals surface area contributed by atoms with Gasteiger partial charge in [-0.2, -0.15) is 0 Å². The smallest absolute Gasteiger partial charge is 0.287 e. The lowest BCUT2D eigenvalue weighted by atomic mass is 9.86. The molecule has 9 heteroatoms. The number of hydrogen-bond donors (Lipinski definition) is 1. The van der Waals surface area contributed by atoms with Crippen molar-refractivity contribution in [3.63, 3.8) is 0 Å². The highest BCUT2D eigenvalue weighted by Gasteiger charge is 2.27. The van der Waals surface area contributed by atoms with E-state index in [1.54, 1.807) is 17.0 Å². The Hall–Kier alpha value is -3.59. The van der Waals surface area contributed by atoms with Crippen LogP contribution in [0.25, 0.3) is 11.0 Å². The van der Waals surface area contributed by atoms with Gasteiger partial charge in [-0.15, -0.1) is 11.8 Å². The number of benzene rings is 2. The number of amides is 3. The zero-order valence-corrected chi connectivity index (χ0v) is 22.2. The molecule has 2 aliphatic heterocycles. The summed E-state index contributed by atoms with van der Waals surface area (Å²) in [6.45, 7) is 2.49. The molecule has 38 heavy (non-hydrogen) atoms. The Bertz CT molecular complexity index is 1430. The average Bonchev–Trinajstić information content (AvgIpc) is 3.35. The molecule has 2 aliphatic rings. The van der Waals surface area contributed by atoms with Crippen molar-refractivity contribution in [1.29, 1.82) is 0 Å². The molecule has 0 bridgehead atoms. The monoisotopic (exact) mass is 533 g/mol. The maximum Gasteiger partial charge on any atom is 0.287 e. The molecule has 0 radical (unpaired) electrons. The molecule has 198 valence electrons. The Balaban J connectivity index is 1.16. The number of carbonyl (C=O) groups is 3. The third-order valence-corrected chi connectivity index (χ3v) is 8.16. The summed E-state index contributed by atoms with van der Waals surface area (Å²) in [5.74, 6) is -0.331. The van der Waals surface area contributed by atoms with Crippen LogP contribution in [-0.4, -0.2) is 60.0 Å². The van der Waals surface area contributed by atoms with Crippen LogP contribution >= 0.6 is 11.8 Å². The fourth-order valence-electron chi connectivity index (χ4n) is 5.32. The molecule has 0 aliphatic carbocycles. The minimum Gasteiger partial charge on any atom is -0.451 e. The number of likely N-dealkylation sites (tertiary alicyclic amines) is 2. The summed E-state index contributed by atoms with van der Waals surface area (Å²) >= 11 is 1.52. The summed E-state index contributed by atoms with van der Waals surface area (Å²) in [5, 5.41) is 3.02. The molecule has 5 rings (SSSR count). The standard InChI is InChI=1S/C29H31N3O5S/c1-38-21-8-9-25-23(15-21)24(33)16-26(37-25)29(36)30-17-28(35)31-13-10-19(11-14-31)22-6-3-2-5-20(22)18-32-12-4-7-27(32)34/h2-3,5-6,8-9,15-16,19H,4,7,10-14,17-18H2,1H3,(H,30,36). The number of hydrogen-bond acceptors (Lipinski definition) is 6. The molecule has 3 heterocycles. The lowest BCUT2D eigenvalue weighted by Crippen LogP contribution is -2.44. The molecule has 2 saturated heterocycles. The van der Waals surface area contributed by atoms with Crippen LogP contribution in [0.4, 0.5) is 0 Å². The van der Waals surface area contributed by atoms with Crippen LogP contribution in [0, 0.1) is 0 Å². The molecule has 3 amide bonds. The number of thioether (sulfide) groups is 1. The first kappa shape index (κ1) is 26.0. The summed E-state index contributed by atoms with van der Waals surface area (Å²) < 4.78 is 5.64. The lowest BCUT2D eigenvalue weighted by molar-refractivity contribution is -0.131. The Morgan fingerprint density at radius 2 is 1.84 bits per heavy atom. The van der Waals surface area contributed by atoms with Crippen molar-refractivity contribution < 1.29 is 18.8 Å². The Morgan fingerprint density at radius 1 is 1.05 bits per heavy atom. The Kier molecular flexibility index (Phi) is 7.83. The van der Waals surface area contributed by atoms with Crippen molar-refractivity contribution in [2.45, 2.75) is 43.0 Å². The van der Waals surface area contributed by atoms with Gasteiger partial charge < -0.3 is 19.5 Å². The van der Waals surface area contributed by atoms with Gasteiger partial charge in [0.15, 0.2) is 11.2 Å². The molecule has 8 nitrogen and oxygen atoms in total. The topological polar surface area (TPSA) is 99.9 Å². The predicted molar refractivity (Wildman–Crippen MR) is 146 cm³/mol. The molecule has 2 fully saturated rings. The number of fused-ring (bicyclic) bond motifs is 1. The first-order valence-electron chi connectivity index (χ1n) is 13.0. The van der Waals surface area contributed by atoms with Crippen molar-refractivity contribution in [2.24, 2.45) is 0 Å². The molecular formula is C29H31N3O5S. The second kappa shape index (κ2) is 11.4. The van der Waals surface area contributed by atoms with Crippen LogP contribution in [0.2, 0.25) is 0 Å². The van der Waals surface area contributed by atoms with Gasteiger partial charge >= 0.3 is 0 Å². The van der Waals surface area contributed by atoms with E-state index in [0.29, 0.717) is 42.9 Å². The SMILES string of the molecule is CSc1ccc2oc(C(=O)NCC(=O)N3CCC(c4ccccc4CN4CCCC4=O)CC3)cc(=O)c2c1. The van der Waals surface area contributed by atoms with Crippen molar-refractivity contribution >= 4 is 40.5 Å². The second-order valence-electron chi connectivity index (χ2n) is 9.79. The highest BCUT2D eigenvalue weighted by atomic mass is 32.2. The zero-order valence-electron chi connectivity index (χ0n) is 21.4. The molecule has 0 atom stereocenters. The van der Waals surface area contributed by atoms with Gasteiger partial charge in [0.25, 0.3) is 5.91 Å². The molecule has 0 saturated carbocycles. The van der Waals surface area contributed by atoms with Crippen molar-refractivity contribution in [2.75, 3.05) is 32.4 Å². The third kappa shape index (κ3) is 5.62. The van der Waals surface area contributed by atoms with Crippen molar-refractivity contribution in [1.82, 2.24) is 15.1 Å². The summed E-state index contributed by atoms with van der Waals surface area (Å²) in [6, 6.07) is 14.7. The quantitative estimate of drug-likeness (QED) is 0.464. The molecular weight excluding hydrogens is 502 g/mol.